The van der Waals surface area contributed by atoms with E-state index >= 15 is 0 Å². The van der Waals surface area contributed by atoms with E-state index < -0.39 is 0 Å². The molecule has 3 saturated heterocycles. The van der Waals surface area contributed by atoms with E-state index in [0.29, 0.717) is 24.0 Å². The zero-order chi connectivity index (χ0) is 25.4. The summed E-state index contributed by atoms with van der Waals surface area (Å²) in [5, 5.41) is 12.3. The van der Waals surface area contributed by atoms with Crippen LogP contribution in [-0.2, 0) is 0 Å². The molecule has 1 unspecified atom stereocenters. The molecule has 4 atom stereocenters. The van der Waals surface area contributed by atoms with Crippen molar-refractivity contribution in [3.8, 4) is 0 Å². The summed E-state index contributed by atoms with van der Waals surface area (Å²) >= 11 is 1.82. The van der Waals surface area contributed by atoms with Crippen molar-refractivity contribution in [1.29, 1.82) is 0 Å². The molecule has 0 saturated carbocycles. The molecule has 3 aliphatic rings. The molecule has 0 radical (unpaired) electrons. The minimum Gasteiger partial charge on any atom is -0.330 e. The van der Waals surface area contributed by atoms with Gasteiger partial charge in [0.05, 0.1) is 6.04 Å². The Bertz CT molecular complexity index is 1030. The number of likely N-dealkylation sites (N-methyl/N-ethyl adjacent to an activating group) is 1. The van der Waals surface area contributed by atoms with E-state index in [1.54, 1.807) is 0 Å². The molecule has 2 bridgehead atoms. The number of carbonyl (C=O) groups excluding carboxylic acids is 1. The molecule has 2 aromatic heterocycles. The van der Waals surface area contributed by atoms with Gasteiger partial charge in [-0.05, 0) is 65.1 Å². The number of thiophene rings is 1. The van der Waals surface area contributed by atoms with Crippen LogP contribution in [0.5, 0.6) is 0 Å². The Labute approximate surface area is 220 Å². The average molecular weight is 514 g/mol. The molecular formula is C27H43N7OS. The molecule has 8 nitrogen and oxygen atoms in total. The van der Waals surface area contributed by atoms with Gasteiger partial charge in [0.15, 0.2) is 0 Å². The van der Waals surface area contributed by atoms with Crippen LogP contribution in [0.3, 0.4) is 0 Å². The van der Waals surface area contributed by atoms with E-state index in [1.807, 2.05) is 16.2 Å². The normalized spacial score (nSPS) is 26.1. The molecule has 0 aromatic carbocycles. The number of urea groups is 1. The van der Waals surface area contributed by atoms with Gasteiger partial charge in [0.2, 0.25) is 0 Å². The van der Waals surface area contributed by atoms with Gasteiger partial charge < -0.3 is 19.7 Å². The number of rotatable bonds is 7. The second-order valence-electron chi connectivity index (χ2n) is 11.4. The number of hydrogen-bond acceptors (Lipinski definition) is 6. The summed E-state index contributed by atoms with van der Waals surface area (Å²) in [6, 6.07) is 6.25. The molecule has 2 aromatic rings. The van der Waals surface area contributed by atoms with Crippen LogP contribution in [0, 0.1) is 13.8 Å². The number of piperazine rings is 1. The first-order valence-electron chi connectivity index (χ1n) is 13.8. The molecule has 5 heterocycles. The van der Waals surface area contributed by atoms with Crippen molar-refractivity contribution < 1.29 is 4.79 Å². The Hall–Kier alpha value is -1.97. The van der Waals surface area contributed by atoms with Crippen molar-refractivity contribution in [3.05, 3.63) is 33.5 Å². The SMILES string of the molecule is Cc1ccc([C@H](CCN2[C@@H]3CC[C@H]2CC(n2c(C)nnc2C(C)C)C3)NC(=O)N2CCN(C)CC2)s1. The Morgan fingerprint density at radius 1 is 1.06 bits per heavy atom. The van der Waals surface area contributed by atoms with Crippen LogP contribution in [0.4, 0.5) is 4.79 Å². The van der Waals surface area contributed by atoms with E-state index in [2.05, 4.69) is 76.8 Å². The molecule has 9 heteroatoms. The number of piperidine rings is 1. The predicted molar refractivity (Wildman–Crippen MR) is 145 cm³/mol. The Kier molecular flexibility index (Phi) is 7.70. The van der Waals surface area contributed by atoms with Gasteiger partial charge in [-0.3, -0.25) is 4.90 Å². The minimum absolute atomic E-state index is 0.0700. The third kappa shape index (κ3) is 5.34. The van der Waals surface area contributed by atoms with E-state index in [4.69, 9.17) is 0 Å². The molecule has 5 rings (SSSR count). The van der Waals surface area contributed by atoms with Gasteiger partial charge in [0, 0.05) is 66.5 Å². The number of hydrogen-bond donors (Lipinski definition) is 1. The van der Waals surface area contributed by atoms with E-state index in [-0.39, 0.29) is 12.1 Å². The molecule has 1 N–H and O–H groups in total. The van der Waals surface area contributed by atoms with Gasteiger partial charge in [-0.25, -0.2) is 4.79 Å². The van der Waals surface area contributed by atoms with Crippen LogP contribution in [-0.4, -0.2) is 87.4 Å². The standard InChI is InChI=1S/C27H43N7OS/c1-18(2)26-30-29-20(4)34(26)23-16-21-7-8-22(17-23)33(21)11-10-24(25-9-6-19(3)36-25)28-27(35)32-14-12-31(5)13-15-32/h6,9,18,21-24H,7-8,10-17H2,1-5H3,(H,28,35)/t21-,22+,23?,24-/m0/s1. The Morgan fingerprint density at radius 3 is 2.36 bits per heavy atom. The van der Waals surface area contributed by atoms with Crippen LogP contribution in [0.15, 0.2) is 12.1 Å². The highest BCUT2D eigenvalue weighted by Gasteiger charge is 2.42. The molecule has 0 spiro atoms. The predicted octanol–water partition coefficient (Wildman–Crippen LogP) is 4.34. The highest BCUT2D eigenvalue weighted by molar-refractivity contribution is 7.12. The highest BCUT2D eigenvalue weighted by atomic mass is 32.1. The fraction of sp³-hybridized carbons (Fsp3) is 0.741. The van der Waals surface area contributed by atoms with Crippen LogP contribution < -0.4 is 5.32 Å². The van der Waals surface area contributed by atoms with Crippen molar-refractivity contribution >= 4 is 17.4 Å². The summed E-state index contributed by atoms with van der Waals surface area (Å²) in [7, 11) is 2.12. The maximum atomic E-state index is 13.2. The smallest absolute Gasteiger partial charge is 0.317 e. The van der Waals surface area contributed by atoms with Gasteiger partial charge in [0.25, 0.3) is 0 Å². The van der Waals surface area contributed by atoms with Gasteiger partial charge in [-0.2, -0.15) is 0 Å². The number of amides is 2. The summed E-state index contributed by atoms with van der Waals surface area (Å²) in [5.74, 6) is 2.57. The first kappa shape index (κ1) is 25.7. The number of aryl methyl sites for hydroxylation is 2. The van der Waals surface area contributed by atoms with Crippen molar-refractivity contribution in [1.82, 2.24) is 34.8 Å². The van der Waals surface area contributed by atoms with E-state index in [0.717, 1.165) is 50.8 Å². The van der Waals surface area contributed by atoms with Crippen LogP contribution in [0.25, 0.3) is 0 Å². The molecular weight excluding hydrogens is 470 g/mol. The van der Waals surface area contributed by atoms with Gasteiger partial charge in [-0.1, -0.05) is 13.8 Å². The third-order valence-corrected chi connectivity index (χ3v) is 9.62. The lowest BCUT2D eigenvalue weighted by molar-refractivity contribution is 0.0992. The molecule has 3 fully saturated rings. The second-order valence-corrected chi connectivity index (χ2v) is 12.7. The number of aromatic nitrogens is 3. The maximum absolute atomic E-state index is 13.2. The van der Waals surface area contributed by atoms with Gasteiger partial charge in [0.1, 0.15) is 11.6 Å². The average Bonchev–Trinajstić information content (AvgIpc) is 3.52. The highest BCUT2D eigenvalue weighted by Crippen LogP contribution is 2.42. The van der Waals surface area contributed by atoms with Crippen LogP contribution in [0.2, 0.25) is 0 Å². The topological polar surface area (TPSA) is 69.5 Å². The quantitative estimate of drug-likeness (QED) is 0.597. The largest absolute Gasteiger partial charge is 0.330 e. The number of fused-ring (bicyclic) bond motifs is 2. The van der Waals surface area contributed by atoms with Crippen LogP contribution in [0.1, 0.15) is 85.4 Å². The minimum atomic E-state index is 0.0700. The first-order chi connectivity index (χ1) is 17.3. The summed E-state index contributed by atoms with van der Waals surface area (Å²) in [4.78, 5) is 22.8. The number of carbonyl (C=O) groups is 1. The van der Waals surface area contributed by atoms with Crippen molar-refractivity contribution in [2.45, 2.75) is 89.9 Å². The van der Waals surface area contributed by atoms with E-state index in [1.165, 1.54) is 35.4 Å². The number of nitrogens with one attached hydrogen (secondary N) is 1. The monoisotopic (exact) mass is 513 g/mol. The third-order valence-electron chi connectivity index (χ3n) is 8.50. The number of nitrogens with zero attached hydrogens (tertiary/aromatic N) is 6. The molecule has 3 aliphatic heterocycles. The fourth-order valence-electron chi connectivity index (χ4n) is 6.51. The fourth-order valence-corrected chi connectivity index (χ4v) is 7.47. The summed E-state index contributed by atoms with van der Waals surface area (Å²) in [6.07, 6.45) is 5.85. The van der Waals surface area contributed by atoms with Crippen molar-refractivity contribution in [2.75, 3.05) is 39.8 Å². The Balaban J connectivity index is 1.24. The lowest BCUT2D eigenvalue weighted by Crippen LogP contribution is -2.51. The zero-order valence-corrected chi connectivity index (χ0v) is 23.4. The zero-order valence-electron chi connectivity index (χ0n) is 22.6. The lowest BCUT2D eigenvalue weighted by atomic mass is 9.95. The molecule has 2 amide bonds. The van der Waals surface area contributed by atoms with Crippen molar-refractivity contribution in [2.24, 2.45) is 0 Å². The maximum Gasteiger partial charge on any atom is 0.317 e. The summed E-state index contributed by atoms with van der Waals surface area (Å²) in [5.41, 5.74) is 0. The van der Waals surface area contributed by atoms with Gasteiger partial charge >= 0.3 is 6.03 Å². The molecule has 0 aliphatic carbocycles. The summed E-state index contributed by atoms with van der Waals surface area (Å²) < 4.78 is 2.43. The first-order valence-corrected chi connectivity index (χ1v) is 14.6. The van der Waals surface area contributed by atoms with E-state index in [9.17, 15) is 4.79 Å². The molecule has 36 heavy (non-hydrogen) atoms. The summed E-state index contributed by atoms with van der Waals surface area (Å²) in [6.45, 7) is 13.2. The molecule has 198 valence electrons. The van der Waals surface area contributed by atoms with Crippen LogP contribution >= 0.6 is 11.3 Å². The lowest BCUT2D eigenvalue weighted by Gasteiger charge is -2.40. The Morgan fingerprint density at radius 2 is 1.75 bits per heavy atom. The van der Waals surface area contributed by atoms with Crippen molar-refractivity contribution in [3.63, 3.8) is 0 Å². The second kappa shape index (κ2) is 10.8. The van der Waals surface area contributed by atoms with Gasteiger partial charge in [-0.15, -0.1) is 21.5 Å².